The van der Waals surface area contributed by atoms with Crippen molar-refractivity contribution in [2.45, 2.75) is 59.9 Å². The predicted octanol–water partition coefficient (Wildman–Crippen LogP) is 4.57. The molecule has 17 heavy (non-hydrogen) atoms. The van der Waals surface area contributed by atoms with Crippen molar-refractivity contribution in [3.63, 3.8) is 0 Å². The first-order valence-corrected chi connectivity index (χ1v) is 7.30. The van der Waals surface area contributed by atoms with Gasteiger partial charge in [0, 0.05) is 16.3 Å². The highest BCUT2D eigenvalue weighted by molar-refractivity contribution is 7.12. The first-order chi connectivity index (χ1) is 7.68. The zero-order valence-corrected chi connectivity index (χ0v) is 13.0. The molecule has 0 aromatic carbocycles. The van der Waals surface area contributed by atoms with Gasteiger partial charge in [-0.3, -0.25) is 0 Å². The van der Waals surface area contributed by atoms with E-state index < -0.39 is 0 Å². The monoisotopic (exact) mass is 253 g/mol. The molecule has 0 bridgehead atoms. The molecule has 1 heterocycles. The topological polar surface area (TPSA) is 12.0 Å². The fraction of sp³-hybridized carbons (Fsp3) is 0.733. The van der Waals surface area contributed by atoms with E-state index in [0.717, 1.165) is 13.1 Å². The van der Waals surface area contributed by atoms with Gasteiger partial charge in [0.15, 0.2) is 0 Å². The zero-order valence-electron chi connectivity index (χ0n) is 12.2. The quantitative estimate of drug-likeness (QED) is 0.775. The molecule has 2 heteroatoms. The van der Waals surface area contributed by atoms with Crippen LogP contribution in [0, 0.1) is 5.41 Å². The van der Waals surface area contributed by atoms with Crippen molar-refractivity contribution in [2.75, 3.05) is 6.54 Å². The van der Waals surface area contributed by atoms with Crippen molar-refractivity contribution in [3.8, 4) is 0 Å². The number of thiophene rings is 1. The summed E-state index contributed by atoms with van der Waals surface area (Å²) in [6, 6.07) is 4.53. The van der Waals surface area contributed by atoms with Crippen molar-refractivity contribution in [1.29, 1.82) is 0 Å². The molecule has 1 N–H and O–H groups in total. The van der Waals surface area contributed by atoms with Gasteiger partial charge < -0.3 is 5.32 Å². The second-order valence-electron chi connectivity index (χ2n) is 7.00. The van der Waals surface area contributed by atoms with Crippen LogP contribution in [0.2, 0.25) is 0 Å². The van der Waals surface area contributed by atoms with Crippen LogP contribution in [0.5, 0.6) is 0 Å². The van der Waals surface area contributed by atoms with Crippen molar-refractivity contribution < 1.29 is 0 Å². The zero-order chi connectivity index (χ0) is 13.1. The molecule has 1 rings (SSSR count). The van der Waals surface area contributed by atoms with Gasteiger partial charge in [-0.05, 0) is 35.9 Å². The Hall–Kier alpha value is -0.340. The van der Waals surface area contributed by atoms with E-state index in [2.05, 4.69) is 59.0 Å². The van der Waals surface area contributed by atoms with E-state index in [1.54, 1.807) is 0 Å². The van der Waals surface area contributed by atoms with E-state index in [4.69, 9.17) is 0 Å². The van der Waals surface area contributed by atoms with Crippen LogP contribution in [0.1, 0.15) is 57.7 Å². The minimum absolute atomic E-state index is 0.286. The molecule has 0 aliphatic rings. The van der Waals surface area contributed by atoms with E-state index >= 15 is 0 Å². The summed E-state index contributed by atoms with van der Waals surface area (Å²) < 4.78 is 0. The van der Waals surface area contributed by atoms with Crippen LogP contribution in [0.4, 0.5) is 0 Å². The lowest BCUT2D eigenvalue weighted by Crippen LogP contribution is -2.19. The van der Waals surface area contributed by atoms with Gasteiger partial charge in [0.1, 0.15) is 0 Å². The Labute approximate surface area is 111 Å². The largest absolute Gasteiger partial charge is 0.312 e. The van der Waals surface area contributed by atoms with Gasteiger partial charge >= 0.3 is 0 Å². The lowest BCUT2D eigenvalue weighted by Gasteiger charge is -2.18. The number of hydrogen-bond acceptors (Lipinski definition) is 2. The molecular weight excluding hydrogens is 226 g/mol. The molecule has 1 aromatic rings. The molecule has 98 valence electrons. The minimum Gasteiger partial charge on any atom is -0.312 e. The van der Waals surface area contributed by atoms with Gasteiger partial charge in [-0.1, -0.05) is 41.5 Å². The number of rotatable bonds is 4. The van der Waals surface area contributed by atoms with Crippen LogP contribution in [-0.2, 0) is 12.0 Å². The van der Waals surface area contributed by atoms with E-state index in [1.165, 1.54) is 16.2 Å². The van der Waals surface area contributed by atoms with Gasteiger partial charge in [-0.15, -0.1) is 11.3 Å². The molecular formula is C15H27NS. The molecule has 0 saturated heterocycles. The fourth-order valence-electron chi connectivity index (χ4n) is 1.55. The molecule has 0 atom stereocenters. The second-order valence-corrected chi connectivity index (χ2v) is 8.17. The summed E-state index contributed by atoms with van der Waals surface area (Å²) >= 11 is 1.94. The van der Waals surface area contributed by atoms with Crippen molar-refractivity contribution in [2.24, 2.45) is 5.41 Å². The first kappa shape index (κ1) is 14.7. The summed E-state index contributed by atoms with van der Waals surface area (Å²) in [5.74, 6) is 0. The van der Waals surface area contributed by atoms with Crippen LogP contribution >= 0.6 is 11.3 Å². The third-order valence-electron chi connectivity index (χ3n) is 2.75. The normalized spacial score (nSPS) is 13.1. The molecule has 0 saturated carbocycles. The molecule has 0 unspecified atom stereocenters. The third-order valence-corrected chi connectivity index (χ3v) is 4.26. The highest BCUT2D eigenvalue weighted by Crippen LogP contribution is 2.29. The van der Waals surface area contributed by atoms with Crippen molar-refractivity contribution in [1.82, 2.24) is 5.32 Å². The molecule has 0 spiro atoms. The Balaban J connectivity index is 2.36. The van der Waals surface area contributed by atoms with Gasteiger partial charge in [0.2, 0.25) is 0 Å². The fourth-order valence-corrected chi connectivity index (χ4v) is 2.59. The smallest absolute Gasteiger partial charge is 0.0299 e. The van der Waals surface area contributed by atoms with Gasteiger partial charge in [0.25, 0.3) is 0 Å². The summed E-state index contributed by atoms with van der Waals surface area (Å²) in [7, 11) is 0. The minimum atomic E-state index is 0.286. The van der Waals surface area contributed by atoms with E-state index in [1.807, 2.05) is 11.3 Å². The SMILES string of the molecule is CC(C)(C)CCNCc1ccc(C(C)(C)C)s1. The van der Waals surface area contributed by atoms with Crippen LogP contribution in [0.3, 0.4) is 0 Å². The molecule has 1 aromatic heterocycles. The Morgan fingerprint density at radius 2 is 1.71 bits per heavy atom. The molecule has 0 amide bonds. The molecule has 0 aliphatic carbocycles. The Bertz CT molecular complexity index is 339. The van der Waals surface area contributed by atoms with E-state index in [-0.39, 0.29) is 5.41 Å². The van der Waals surface area contributed by atoms with Gasteiger partial charge in [-0.25, -0.2) is 0 Å². The standard InChI is InChI=1S/C15H27NS/c1-14(2,3)9-10-16-11-12-7-8-13(17-12)15(4,5)6/h7-8,16H,9-11H2,1-6H3. The predicted molar refractivity (Wildman–Crippen MR) is 78.8 cm³/mol. The summed E-state index contributed by atoms with van der Waals surface area (Å²) in [5.41, 5.74) is 0.716. The Kier molecular flexibility index (Phi) is 4.79. The Morgan fingerprint density at radius 3 is 2.18 bits per heavy atom. The van der Waals surface area contributed by atoms with E-state index in [0.29, 0.717) is 5.41 Å². The van der Waals surface area contributed by atoms with Crippen LogP contribution in [0.15, 0.2) is 12.1 Å². The number of hydrogen-bond donors (Lipinski definition) is 1. The molecule has 1 nitrogen and oxygen atoms in total. The van der Waals surface area contributed by atoms with Gasteiger partial charge in [-0.2, -0.15) is 0 Å². The van der Waals surface area contributed by atoms with Crippen molar-refractivity contribution in [3.05, 3.63) is 21.9 Å². The number of nitrogens with one attached hydrogen (secondary N) is 1. The second kappa shape index (κ2) is 5.53. The summed E-state index contributed by atoms with van der Waals surface area (Å²) in [6.45, 7) is 15.8. The van der Waals surface area contributed by atoms with Crippen molar-refractivity contribution >= 4 is 11.3 Å². The highest BCUT2D eigenvalue weighted by Gasteiger charge is 2.15. The first-order valence-electron chi connectivity index (χ1n) is 6.48. The van der Waals surface area contributed by atoms with Crippen LogP contribution < -0.4 is 5.32 Å². The summed E-state index contributed by atoms with van der Waals surface area (Å²) in [6.07, 6.45) is 1.23. The molecule has 0 radical (unpaired) electrons. The average Bonchev–Trinajstić information content (AvgIpc) is 2.58. The van der Waals surface area contributed by atoms with Crippen LogP contribution in [-0.4, -0.2) is 6.54 Å². The lowest BCUT2D eigenvalue weighted by atomic mass is 9.92. The summed E-state index contributed by atoms with van der Waals surface area (Å²) in [4.78, 5) is 2.92. The molecule has 0 fully saturated rings. The maximum absolute atomic E-state index is 3.53. The molecule has 0 aliphatic heterocycles. The van der Waals surface area contributed by atoms with Crippen LogP contribution in [0.25, 0.3) is 0 Å². The summed E-state index contributed by atoms with van der Waals surface area (Å²) in [5, 5.41) is 3.53. The maximum Gasteiger partial charge on any atom is 0.0299 e. The highest BCUT2D eigenvalue weighted by atomic mass is 32.1. The maximum atomic E-state index is 3.53. The Morgan fingerprint density at radius 1 is 1.06 bits per heavy atom. The van der Waals surface area contributed by atoms with E-state index in [9.17, 15) is 0 Å². The van der Waals surface area contributed by atoms with Gasteiger partial charge in [0.05, 0.1) is 0 Å². The lowest BCUT2D eigenvalue weighted by molar-refractivity contribution is 0.367. The third kappa shape index (κ3) is 5.69. The average molecular weight is 253 g/mol.